The van der Waals surface area contributed by atoms with Crippen molar-refractivity contribution < 1.29 is 20.0 Å². The van der Waals surface area contributed by atoms with Crippen molar-refractivity contribution in [1.82, 2.24) is 5.48 Å². The fourth-order valence-corrected chi connectivity index (χ4v) is 1.26. The molecule has 1 aromatic carbocycles. The van der Waals surface area contributed by atoms with Crippen molar-refractivity contribution in [1.29, 1.82) is 0 Å². The van der Waals surface area contributed by atoms with Crippen LogP contribution in [0.4, 0.5) is 5.69 Å². The number of amides is 2. The highest BCUT2D eigenvalue weighted by atomic mass is 16.5. The van der Waals surface area contributed by atoms with Gasteiger partial charge in [-0.2, -0.15) is 0 Å². The summed E-state index contributed by atoms with van der Waals surface area (Å²) in [5, 5.41) is 22.5. The Balaban J connectivity index is 3.20. The molecule has 0 radical (unpaired) electrons. The molecule has 0 aromatic heterocycles. The molecule has 90 valence electrons. The normalized spacial score (nSPS) is 10.8. The molecule has 0 aliphatic rings. The van der Waals surface area contributed by atoms with E-state index in [0.717, 1.165) is 0 Å². The molecular formula is C10H11N3O4. The van der Waals surface area contributed by atoms with Crippen molar-refractivity contribution in [3.8, 4) is 0 Å². The van der Waals surface area contributed by atoms with Crippen LogP contribution in [0.2, 0.25) is 0 Å². The van der Waals surface area contributed by atoms with E-state index in [4.69, 9.17) is 10.4 Å². The third-order valence-corrected chi connectivity index (χ3v) is 1.91. The average molecular weight is 237 g/mol. The van der Waals surface area contributed by atoms with E-state index in [-0.39, 0.29) is 11.5 Å². The first-order valence-electron chi connectivity index (χ1n) is 4.63. The Hall–Kier alpha value is -2.41. The number of carbonyl (C=O) groups excluding carboxylic acids is 2. The van der Waals surface area contributed by atoms with Gasteiger partial charge in [0.2, 0.25) is 5.91 Å². The average Bonchev–Trinajstić information content (AvgIpc) is 2.31. The predicted molar refractivity (Wildman–Crippen MR) is 59.0 cm³/mol. The molecule has 0 aliphatic carbocycles. The maximum atomic E-state index is 11.2. The summed E-state index contributed by atoms with van der Waals surface area (Å²) in [6.07, 6.45) is 0. The summed E-state index contributed by atoms with van der Waals surface area (Å²) in [4.78, 5) is 22.2. The number of carbonyl (C=O) groups is 2. The number of benzene rings is 1. The molecule has 0 saturated carbocycles. The summed E-state index contributed by atoms with van der Waals surface area (Å²) in [6.45, 7) is 1.30. The van der Waals surface area contributed by atoms with Gasteiger partial charge >= 0.3 is 0 Å². The van der Waals surface area contributed by atoms with E-state index >= 15 is 0 Å². The molecule has 4 N–H and O–H groups in total. The van der Waals surface area contributed by atoms with Crippen LogP contribution in [0.3, 0.4) is 0 Å². The minimum absolute atomic E-state index is 0.191. The van der Waals surface area contributed by atoms with Crippen molar-refractivity contribution >= 4 is 23.2 Å². The second-order valence-corrected chi connectivity index (χ2v) is 3.12. The van der Waals surface area contributed by atoms with Gasteiger partial charge in [-0.05, 0) is 6.07 Å². The summed E-state index contributed by atoms with van der Waals surface area (Å²) in [5.41, 5.74) is 1.44. The van der Waals surface area contributed by atoms with Gasteiger partial charge in [-0.1, -0.05) is 23.4 Å². The first kappa shape index (κ1) is 12.7. The predicted octanol–water partition coefficient (Wildman–Crippen LogP) is 0.329. The van der Waals surface area contributed by atoms with Crippen molar-refractivity contribution in [2.45, 2.75) is 6.92 Å². The highest BCUT2D eigenvalue weighted by Gasteiger charge is 2.17. The Morgan fingerprint density at radius 1 is 1.29 bits per heavy atom. The number of anilines is 1. The van der Waals surface area contributed by atoms with Crippen LogP contribution in [-0.2, 0) is 9.59 Å². The monoisotopic (exact) mass is 237 g/mol. The van der Waals surface area contributed by atoms with E-state index in [1.54, 1.807) is 12.1 Å². The van der Waals surface area contributed by atoms with Gasteiger partial charge in [0.1, 0.15) is 0 Å². The van der Waals surface area contributed by atoms with Crippen molar-refractivity contribution in [3.63, 3.8) is 0 Å². The highest BCUT2D eigenvalue weighted by molar-refractivity contribution is 6.46. The Bertz CT molecular complexity index is 470. The molecule has 0 bridgehead atoms. The lowest BCUT2D eigenvalue weighted by Crippen LogP contribution is -2.29. The van der Waals surface area contributed by atoms with Crippen molar-refractivity contribution in [3.05, 3.63) is 29.8 Å². The lowest BCUT2D eigenvalue weighted by molar-refractivity contribution is -0.122. The van der Waals surface area contributed by atoms with E-state index in [2.05, 4.69) is 10.5 Å². The van der Waals surface area contributed by atoms with Crippen LogP contribution in [0.25, 0.3) is 0 Å². The molecule has 2 amide bonds. The Kier molecular flexibility index (Phi) is 4.18. The van der Waals surface area contributed by atoms with Crippen LogP contribution in [-0.4, -0.2) is 27.9 Å². The third kappa shape index (κ3) is 3.02. The lowest BCUT2D eigenvalue weighted by Gasteiger charge is -2.09. The summed E-state index contributed by atoms with van der Waals surface area (Å²) in [6, 6.07) is 6.24. The molecular weight excluding hydrogens is 226 g/mol. The highest BCUT2D eigenvalue weighted by Crippen LogP contribution is 2.16. The molecule has 17 heavy (non-hydrogen) atoms. The number of hydroxylamine groups is 1. The first-order chi connectivity index (χ1) is 8.10. The molecule has 0 aliphatic heterocycles. The number of nitrogens with zero attached hydrogens (tertiary/aromatic N) is 1. The molecule has 0 fully saturated rings. The van der Waals surface area contributed by atoms with Gasteiger partial charge in [0, 0.05) is 12.5 Å². The smallest absolute Gasteiger partial charge is 0.297 e. The van der Waals surface area contributed by atoms with Gasteiger partial charge in [0.25, 0.3) is 5.91 Å². The van der Waals surface area contributed by atoms with Gasteiger partial charge < -0.3 is 10.5 Å². The van der Waals surface area contributed by atoms with Gasteiger partial charge in [0.05, 0.1) is 5.69 Å². The zero-order valence-electron chi connectivity index (χ0n) is 8.97. The van der Waals surface area contributed by atoms with E-state index in [9.17, 15) is 9.59 Å². The van der Waals surface area contributed by atoms with Crippen LogP contribution >= 0.6 is 0 Å². The minimum Gasteiger partial charge on any atom is -0.410 e. The van der Waals surface area contributed by atoms with E-state index in [1.165, 1.54) is 24.5 Å². The number of oxime groups is 1. The summed E-state index contributed by atoms with van der Waals surface area (Å²) >= 11 is 0. The van der Waals surface area contributed by atoms with E-state index in [1.807, 2.05) is 0 Å². The largest absolute Gasteiger partial charge is 0.410 e. The molecule has 0 saturated heterocycles. The van der Waals surface area contributed by atoms with Gasteiger partial charge in [-0.25, -0.2) is 5.48 Å². The van der Waals surface area contributed by atoms with Crippen molar-refractivity contribution in [2.75, 3.05) is 5.32 Å². The maximum absolute atomic E-state index is 11.2. The molecule has 0 heterocycles. The van der Waals surface area contributed by atoms with Crippen LogP contribution in [0.1, 0.15) is 12.5 Å². The van der Waals surface area contributed by atoms with Gasteiger partial charge in [-0.3, -0.25) is 14.8 Å². The van der Waals surface area contributed by atoms with Gasteiger partial charge in [-0.15, -0.1) is 0 Å². The Morgan fingerprint density at radius 2 is 1.94 bits per heavy atom. The van der Waals surface area contributed by atoms with Crippen LogP contribution in [0, 0.1) is 0 Å². The molecule has 0 unspecified atom stereocenters. The first-order valence-corrected chi connectivity index (χ1v) is 4.63. The molecule has 1 aromatic rings. The summed E-state index contributed by atoms with van der Waals surface area (Å²) < 4.78 is 0. The fourth-order valence-electron chi connectivity index (χ4n) is 1.26. The minimum atomic E-state index is -0.981. The fraction of sp³-hybridized carbons (Fsp3) is 0.100. The molecule has 0 atom stereocenters. The standard InChI is InChI=1S/C10H11N3O4/c1-6(14)11-8-5-3-2-4-7(8)9(12-16)10(15)13-17/h2-5,16-17H,1H3,(H,11,14)(H,13,15). The Morgan fingerprint density at radius 3 is 2.47 bits per heavy atom. The summed E-state index contributed by atoms with van der Waals surface area (Å²) in [7, 11) is 0. The SMILES string of the molecule is CC(=O)Nc1ccccc1C(=NO)C(=O)NO. The molecule has 7 heteroatoms. The zero-order chi connectivity index (χ0) is 12.8. The number of para-hydroxylation sites is 1. The van der Waals surface area contributed by atoms with E-state index < -0.39 is 11.6 Å². The zero-order valence-corrected chi connectivity index (χ0v) is 8.97. The molecule has 0 spiro atoms. The third-order valence-electron chi connectivity index (χ3n) is 1.91. The number of nitrogens with one attached hydrogen (secondary N) is 2. The van der Waals surface area contributed by atoms with Crippen LogP contribution in [0.15, 0.2) is 29.4 Å². The lowest BCUT2D eigenvalue weighted by atomic mass is 10.1. The van der Waals surface area contributed by atoms with Crippen LogP contribution < -0.4 is 10.8 Å². The number of hydrogen-bond acceptors (Lipinski definition) is 5. The van der Waals surface area contributed by atoms with Crippen molar-refractivity contribution in [2.24, 2.45) is 5.16 Å². The molecule has 1 rings (SSSR count). The number of rotatable bonds is 3. The second kappa shape index (κ2) is 5.61. The second-order valence-electron chi connectivity index (χ2n) is 3.12. The van der Waals surface area contributed by atoms with E-state index in [0.29, 0.717) is 5.69 Å². The maximum Gasteiger partial charge on any atom is 0.297 e. The van der Waals surface area contributed by atoms with Gasteiger partial charge in [0.15, 0.2) is 5.71 Å². The topological polar surface area (TPSA) is 111 Å². The number of hydrogen-bond donors (Lipinski definition) is 4. The Labute approximate surface area is 96.7 Å². The quantitative estimate of drug-likeness (QED) is 0.262. The summed E-state index contributed by atoms with van der Waals surface area (Å²) in [5.74, 6) is -1.32. The molecule has 7 nitrogen and oxygen atoms in total. The van der Waals surface area contributed by atoms with Crippen LogP contribution in [0.5, 0.6) is 0 Å².